The number of amides is 3. The lowest BCUT2D eigenvalue weighted by Crippen LogP contribution is -2.51. The normalized spacial score (nSPS) is 24.5. The summed E-state index contributed by atoms with van der Waals surface area (Å²) in [5.74, 6) is 1.59. The summed E-state index contributed by atoms with van der Waals surface area (Å²) in [7, 11) is 0. The zero-order valence-corrected chi connectivity index (χ0v) is 13.8. The maximum Gasteiger partial charge on any atom is 0.325 e. The van der Waals surface area contributed by atoms with Crippen LogP contribution in [0, 0.1) is 11.8 Å². The van der Waals surface area contributed by atoms with Gasteiger partial charge in [-0.15, -0.1) is 0 Å². The average Bonchev–Trinajstić information content (AvgIpc) is 3.47. The maximum atomic E-state index is 13.1. The molecule has 4 aliphatic rings. The highest BCUT2D eigenvalue weighted by Crippen LogP contribution is 2.54. The van der Waals surface area contributed by atoms with Crippen molar-refractivity contribution in [3.8, 4) is 11.5 Å². The van der Waals surface area contributed by atoms with Gasteiger partial charge in [0.25, 0.3) is 5.91 Å². The Labute approximate surface area is 144 Å². The number of nitrogens with one attached hydrogen (secondary N) is 1. The van der Waals surface area contributed by atoms with Gasteiger partial charge in [-0.25, -0.2) is 4.79 Å². The van der Waals surface area contributed by atoms with Crippen molar-refractivity contribution in [1.82, 2.24) is 10.2 Å². The van der Waals surface area contributed by atoms with Gasteiger partial charge in [0.05, 0.1) is 11.6 Å². The molecule has 3 fully saturated rings. The minimum Gasteiger partial charge on any atom is -0.454 e. The van der Waals surface area contributed by atoms with Crippen molar-refractivity contribution in [2.24, 2.45) is 11.8 Å². The van der Waals surface area contributed by atoms with E-state index in [9.17, 15) is 9.59 Å². The van der Waals surface area contributed by atoms with Crippen LogP contribution in [0.5, 0.6) is 11.5 Å². The number of carbonyl (C=O) groups is 2. The average molecular weight is 349 g/mol. The van der Waals surface area contributed by atoms with Gasteiger partial charge in [0, 0.05) is 0 Å². The zero-order chi connectivity index (χ0) is 16.5. The van der Waals surface area contributed by atoms with Crippen LogP contribution in [0.2, 0.25) is 5.02 Å². The lowest BCUT2D eigenvalue weighted by Gasteiger charge is -2.26. The number of rotatable bonds is 4. The highest BCUT2D eigenvalue weighted by Gasteiger charge is 2.65. The minimum atomic E-state index is -0.656. The molecular weight excluding hydrogens is 332 g/mol. The SMILES string of the molecule is O=C1NC(C2CC2)(C2CC2)C(=O)N1Cc1cc(Cl)c2c(c1)OCO2. The highest BCUT2D eigenvalue weighted by atomic mass is 35.5. The predicted octanol–water partition coefficient (Wildman–Crippen LogP) is 2.68. The molecule has 5 rings (SSSR count). The molecule has 2 heterocycles. The van der Waals surface area contributed by atoms with Crippen molar-refractivity contribution in [1.29, 1.82) is 0 Å². The second kappa shape index (κ2) is 4.79. The van der Waals surface area contributed by atoms with Crippen LogP contribution in [0.4, 0.5) is 4.79 Å². The molecule has 0 radical (unpaired) electrons. The van der Waals surface area contributed by atoms with E-state index >= 15 is 0 Å². The van der Waals surface area contributed by atoms with Gasteiger partial charge in [0.15, 0.2) is 11.5 Å². The van der Waals surface area contributed by atoms with Gasteiger partial charge in [0.1, 0.15) is 5.54 Å². The first-order chi connectivity index (χ1) is 11.6. The summed E-state index contributed by atoms with van der Waals surface area (Å²) in [6.07, 6.45) is 4.08. The third kappa shape index (κ3) is 1.95. The fraction of sp³-hybridized carbons (Fsp3) is 0.529. The summed E-state index contributed by atoms with van der Waals surface area (Å²) in [5.41, 5.74) is 0.104. The van der Waals surface area contributed by atoms with Gasteiger partial charge in [-0.05, 0) is 55.2 Å². The molecule has 6 nitrogen and oxygen atoms in total. The topological polar surface area (TPSA) is 67.9 Å². The number of halogens is 1. The molecule has 0 unspecified atom stereocenters. The maximum absolute atomic E-state index is 13.1. The Morgan fingerprint density at radius 1 is 1.17 bits per heavy atom. The molecule has 2 saturated carbocycles. The van der Waals surface area contributed by atoms with Crippen LogP contribution in [0.3, 0.4) is 0 Å². The molecule has 1 saturated heterocycles. The van der Waals surface area contributed by atoms with Gasteiger partial charge >= 0.3 is 6.03 Å². The van der Waals surface area contributed by atoms with Crippen LogP contribution < -0.4 is 14.8 Å². The van der Waals surface area contributed by atoms with Crippen LogP contribution in [-0.2, 0) is 11.3 Å². The molecule has 0 bridgehead atoms. The van der Waals surface area contributed by atoms with Crippen LogP contribution in [-0.4, -0.2) is 29.2 Å². The Morgan fingerprint density at radius 3 is 2.54 bits per heavy atom. The number of hydrogen-bond donors (Lipinski definition) is 1. The summed E-state index contributed by atoms with van der Waals surface area (Å²) in [5, 5.41) is 3.46. The number of carbonyl (C=O) groups excluding carboxylic acids is 2. The Morgan fingerprint density at radius 2 is 1.88 bits per heavy atom. The van der Waals surface area contributed by atoms with E-state index in [0.717, 1.165) is 31.2 Å². The summed E-state index contributed by atoms with van der Waals surface area (Å²) in [6, 6.07) is 3.21. The number of benzene rings is 1. The van der Waals surface area contributed by atoms with E-state index in [1.54, 1.807) is 12.1 Å². The van der Waals surface area contributed by atoms with Crippen molar-refractivity contribution in [2.75, 3.05) is 6.79 Å². The van der Waals surface area contributed by atoms with Crippen LogP contribution in [0.1, 0.15) is 31.2 Å². The first-order valence-electron chi connectivity index (χ1n) is 8.31. The van der Waals surface area contributed by atoms with E-state index < -0.39 is 5.54 Å². The summed E-state index contributed by atoms with van der Waals surface area (Å²) >= 11 is 6.20. The molecule has 126 valence electrons. The van der Waals surface area contributed by atoms with Crippen LogP contribution in [0.25, 0.3) is 0 Å². The Kier molecular flexibility index (Phi) is 2.87. The quantitative estimate of drug-likeness (QED) is 0.849. The lowest BCUT2D eigenvalue weighted by atomic mass is 9.87. The molecule has 0 aromatic heterocycles. The summed E-state index contributed by atoms with van der Waals surface area (Å²) in [6.45, 7) is 0.330. The van der Waals surface area contributed by atoms with Crippen molar-refractivity contribution < 1.29 is 19.1 Å². The Hall–Kier alpha value is -1.95. The van der Waals surface area contributed by atoms with Gasteiger partial charge in [-0.1, -0.05) is 11.6 Å². The molecule has 7 heteroatoms. The minimum absolute atomic E-state index is 0.0775. The van der Waals surface area contributed by atoms with Gasteiger partial charge in [0.2, 0.25) is 6.79 Å². The van der Waals surface area contributed by atoms with Crippen molar-refractivity contribution in [2.45, 2.75) is 37.8 Å². The third-order valence-corrected chi connectivity index (χ3v) is 5.71. The Balaban J connectivity index is 1.44. The van der Waals surface area contributed by atoms with Gasteiger partial charge in [-0.3, -0.25) is 9.69 Å². The molecule has 1 aromatic carbocycles. The fourth-order valence-electron chi connectivity index (χ4n) is 4.02. The van der Waals surface area contributed by atoms with E-state index in [4.69, 9.17) is 21.1 Å². The molecule has 3 amide bonds. The van der Waals surface area contributed by atoms with Gasteiger partial charge in [-0.2, -0.15) is 0 Å². The Bertz CT molecular complexity index is 745. The lowest BCUT2D eigenvalue weighted by molar-refractivity contribution is -0.133. The number of fused-ring (bicyclic) bond motifs is 1. The predicted molar refractivity (Wildman–Crippen MR) is 84.8 cm³/mol. The first kappa shape index (κ1) is 14.4. The van der Waals surface area contributed by atoms with E-state index in [1.165, 1.54) is 4.90 Å². The molecule has 0 atom stereocenters. The number of urea groups is 1. The molecule has 2 aliphatic carbocycles. The molecule has 24 heavy (non-hydrogen) atoms. The zero-order valence-electron chi connectivity index (χ0n) is 13.0. The summed E-state index contributed by atoms with van der Waals surface area (Å²) in [4.78, 5) is 26.9. The first-order valence-corrected chi connectivity index (χ1v) is 8.69. The number of imide groups is 1. The van der Waals surface area contributed by atoms with E-state index in [2.05, 4.69) is 5.32 Å². The molecule has 0 spiro atoms. The number of ether oxygens (including phenoxy) is 2. The molecule has 1 aromatic rings. The largest absolute Gasteiger partial charge is 0.454 e. The highest BCUT2D eigenvalue weighted by molar-refractivity contribution is 6.32. The molecular formula is C17H17ClN2O4. The van der Waals surface area contributed by atoms with Crippen LogP contribution in [0.15, 0.2) is 12.1 Å². The number of nitrogens with zero attached hydrogens (tertiary/aromatic N) is 1. The van der Waals surface area contributed by atoms with Gasteiger partial charge < -0.3 is 14.8 Å². The molecule has 1 N–H and O–H groups in total. The van der Waals surface area contributed by atoms with Crippen molar-refractivity contribution in [3.05, 3.63) is 22.7 Å². The second-order valence-corrected chi connectivity index (χ2v) is 7.46. The third-order valence-electron chi connectivity index (χ3n) is 5.43. The monoisotopic (exact) mass is 348 g/mol. The van der Waals surface area contributed by atoms with Crippen molar-refractivity contribution >= 4 is 23.5 Å². The smallest absolute Gasteiger partial charge is 0.325 e. The fourth-order valence-corrected chi connectivity index (χ4v) is 4.30. The van der Waals surface area contributed by atoms with E-state index in [-0.39, 0.29) is 25.3 Å². The number of hydrogen-bond acceptors (Lipinski definition) is 4. The van der Waals surface area contributed by atoms with E-state index in [1.807, 2.05) is 0 Å². The van der Waals surface area contributed by atoms with E-state index in [0.29, 0.717) is 28.4 Å². The van der Waals surface area contributed by atoms with Crippen molar-refractivity contribution in [3.63, 3.8) is 0 Å². The second-order valence-electron chi connectivity index (χ2n) is 7.05. The van der Waals surface area contributed by atoms with Crippen LogP contribution >= 0.6 is 11.6 Å². The standard InChI is InChI=1S/C17H17ClN2O4/c18-12-5-9(6-13-14(12)24-8-23-13)7-20-15(21)17(10-1-2-10,11-3-4-11)19-16(20)22/h5-6,10-11H,1-4,7-8H2,(H,19,22). The summed E-state index contributed by atoms with van der Waals surface area (Å²) < 4.78 is 10.7. The molecule has 2 aliphatic heterocycles.